The van der Waals surface area contributed by atoms with E-state index >= 15 is 0 Å². The van der Waals surface area contributed by atoms with Gasteiger partial charge in [0.2, 0.25) is 5.91 Å². The number of amidine groups is 1. The summed E-state index contributed by atoms with van der Waals surface area (Å²) in [4.78, 5) is 16.8. The van der Waals surface area contributed by atoms with Crippen molar-refractivity contribution < 1.29 is 17.9 Å². The first-order valence-corrected chi connectivity index (χ1v) is 11.1. The normalized spacial score (nSPS) is 25.0. The highest BCUT2D eigenvalue weighted by molar-refractivity contribution is 8.00. The van der Waals surface area contributed by atoms with Gasteiger partial charge in [-0.05, 0) is 25.3 Å². The van der Waals surface area contributed by atoms with Crippen LogP contribution in [0.3, 0.4) is 0 Å². The zero-order chi connectivity index (χ0) is 19.7. The highest BCUT2D eigenvalue weighted by atomic mass is 32.2. The number of sulfonamides is 1. The van der Waals surface area contributed by atoms with Crippen LogP contribution >= 0.6 is 0 Å². The van der Waals surface area contributed by atoms with E-state index in [0.29, 0.717) is 56.4 Å². The Morgan fingerprint density at radius 1 is 1.14 bits per heavy atom. The molecule has 7 nitrogen and oxygen atoms in total. The highest BCUT2D eigenvalue weighted by Crippen LogP contribution is 2.33. The van der Waals surface area contributed by atoms with Gasteiger partial charge in [-0.15, -0.1) is 4.40 Å². The Morgan fingerprint density at radius 3 is 2.64 bits per heavy atom. The van der Waals surface area contributed by atoms with Crippen LogP contribution in [0, 0.1) is 5.92 Å². The van der Waals surface area contributed by atoms with Crippen LogP contribution in [0.25, 0.3) is 4.91 Å². The summed E-state index contributed by atoms with van der Waals surface area (Å²) < 4.78 is 34.8. The van der Waals surface area contributed by atoms with Crippen molar-refractivity contribution in [1.29, 1.82) is 0 Å². The molecule has 1 aromatic rings. The number of benzene rings is 1. The van der Waals surface area contributed by atoms with Crippen molar-refractivity contribution in [2.75, 3.05) is 39.4 Å². The second kappa shape index (κ2) is 7.67. The predicted octanol–water partition coefficient (Wildman–Crippen LogP) is 1.73. The van der Waals surface area contributed by atoms with Gasteiger partial charge in [-0.1, -0.05) is 30.3 Å². The quantitative estimate of drug-likeness (QED) is 0.751. The third-order valence-electron chi connectivity index (χ3n) is 5.56. The molecule has 1 aromatic carbocycles. The zero-order valence-corrected chi connectivity index (χ0v) is 16.8. The molecule has 3 aliphatic rings. The molecule has 4 rings (SSSR count). The van der Waals surface area contributed by atoms with Gasteiger partial charge in [0.05, 0.1) is 12.5 Å². The number of ether oxygens (including phenoxy) is 1. The summed E-state index contributed by atoms with van der Waals surface area (Å²) in [6.45, 7) is 5.48. The van der Waals surface area contributed by atoms with Crippen LogP contribution in [-0.2, 0) is 19.6 Å². The first-order valence-electron chi connectivity index (χ1n) is 9.70. The topological polar surface area (TPSA) is 79.3 Å². The fourth-order valence-electron chi connectivity index (χ4n) is 4.11. The summed E-state index contributed by atoms with van der Waals surface area (Å²) in [5.74, 6) is 0.622. The SMILES string of the molecule is CC1=C(c2ccccc2)S(=O)(=O)N=C1N1CCCN(C(=O)[C@@H]2CCOC2)CC1. The second-order valence-electron chi connectivity index (χ2n) is 7.44. The lowest BCUT2D eigenvalue weighted by Gasteiger charge is -2.25. The average molecular weight is 404 g/mol. The van der Waals surface area contributed by atoms with Gasteiger partial charge in [-0.25, -0.2) is 0 Å². The minimum Gasteiger partial charge on any atom is -0.381 e. The van der Waals surface area contributed by atoms with Gasteiger partial charge in [-0.3, -0.25) is 4.79 Å². The monoisotopic (exact) mass is 403 g/mol. The van der Waals surface area contributed by atoms with E-state index in [1.54, 1.807) is 12.1 Å². The van der Waals surface area contributed by atoms with E-state index < -0.39 is 10.0 Å². The molecular formula is C20H25N3O4S. The number of hydrogen-bond donors (Lipinski definition) is 0. The van der Waals surface area contributed by atoms with Crippen LogP contribution in [0.1, 0.15) is 25.3 Å². The Bertz CT molecular complexity index is 918. The molecule has 1 amide bonds. The summed E-state index contributed by atoms with van der Waals surface area (Å²) >= 11 is 0. The van der Waals surface area contributed by atoms with Gasteiger partial charge in [0, 0.05) is 38.4 Å². The Balaban J connectivity index is 1.53. The van der Waals surface area contributed by atoms with E-state index in [2.05, 4.69) is 4.40 Å². The number of carbonyl (C=O) groups excluding carboxylic acids is 1. The number of amides is 1. The van der Waals surface area contributed by atoms with Gasteiger partial charge in [-0.2, -0.15) is 8.42 Å². The summed E-state index contributed by atoms with van der Waals surface area (Å²) in [5.41, 5.74) is 1.33. The first-order chi connectivity index (χ1) is 13.5. The minimum atomic E-state index is -3.71. The summed E-state index contributed by atoms with van der Waals surface area (Å²) in [6, 6.07) is 9.10. The van der Waals surface area contributed by atoms with E-state index in [-0.39, 0.29) is 16.7 Å². The number of rotatable bonds is 2. The molecule has 8 heteroatoms. The number of hydrogen-bond acceptors (Lipinski definition) is 5. The molecule has 28 heavy (non-hydrogen) atoms. The van der Waals surface area contributed by atoms with Gasteiger partial charge in [0.1, 0.15) is 10.7 Å². The molecule has 0 spiro atoms. The molecule has 1 atom stereocenters. The van der Waals surface area contributed by atoms with E-state index in [4.69, 9.17) is 4.74 Å². The van der Waals surface area contributed by atoms with E-state index in [0.717, 1.165) is 12.8 Å². The largest absolute Gasteiger partial charge is 0.381 e. The maximum Gasteiger partial charge on any atom is 0.285 e. The Kier molecular flexibility index (Phi) is 5.25. The van der Waals surface area contributed by atoms with Gasteiger partial charge >= 0.3 is 0 Å². The van der Waals surface area contributed by atoms with E-state index in [1.165, 1.54) is 0 Å². The maximum atomic E-state index is 12.7. The standard InChI is InChI=1S/C20H25N3O4S/c1-15-18(16-6-3-2-4-7-16)28(25,26)21-19(15)22-9-5-10-23(12-11-22)20(24)17-8-13-27-14-17/h2-4,6-7,17H,5,8-14H2,1H3/t17-/m1/s1. The lowest BCUT2D eigenvalue weighted by molar-refractivity contribution is -0.135. The zero-order valence-electron chi connectivity index (χ0n) is 16.0. The minimum absolute atomic E-state index is 0.0398. The first kappa shape index (κ1) is 19.1. The van der Waals surface area contributed by atoms with Gasteiger partial charge in [0.15, 0.2) is 0 Å². The van der Waals surface area contributed by atoms with Crippen molar-refractivity contribution in [2.45, 2.75) is 19.8 Å². The lowest BCUT2D eigenvalue weighted by Crippen LogP contribution is -2.40. The second-order valence-corrected chi connectivity index (χ2v) is 8.98. The van der Waals surface area contributed by atoms with Crippen LogP contribution < -0.4 is 0 Å². The molecule has 2 saturated heterocycles. The Labute approximate surface area is 165 Å². The fraction of sp³-hybridized carbons (Fsp3) is 0.500. The van der Waals surface area contributed by atoms with Crippen LogP contribution in [0.2, 0.25) is 0 Å². The molecule has 0 bridgehead atoms. The van der Waals surface area contributed by atoms with Gasteiger partial charge in [0.25, 0.3) is 10.0 Å². The Morgan fingerprint density at radius 2 is 1.93 bits per heavy atom. The Hall–Kier alpha value is -2.19. The summed E-state index contributed by atoms with van der Waals surface area (Å²) in [5, 5.41) is 0. The molecular weight excluding hydrogens is 378 g/mol. The van der Waals surface area contributed by atoms with Crippen molar-refractivity contribution in [3.63, 3.8) is 0 Å². The molecule has 0 saturated carbocycles. The van der Waals surface area contributed by atoms with Crippen molar-refractivity contribution >= 4 is 26.7 Å². The van der Waals surface area contributed by atoms with Crippen molar-refractivity contribution in [1.82, 2.24) is 9.80 Å². The molecule has 3 heterocycles. The predicted molar refractivity (Wildman–Crippen MR) is 107 cm³/mol. The van der Waals surface area contributed by atoms with Crippen LogP contribution in [-0.4, -0.2) is 69.4 Å². The fourth-order valence-corrected chi connectivity index (χ4v) is 5.59. The highest BCUT2D eigenvalue weighted by Gasteiger charge is 2.35. The van der Waals surface area contributed by atoms with Crippen LogP contribution in [0.5, 0.6) is 0 Å². The maximum absolute atomic E-state index is 12.7. The number of nitrogens with zero attached hydrogens (tertiary/aromatic N) is 3. The molecule has 3 aliphatic heterocycles. The third kappa shape index (κ3) is 3.58. The average Bonchev–Trinajstić information content (AvgIpc) is 3.21. The van der Waals surface area contributed by atoms with Crippen LogP contribution in [0.4, 0.5) is 0 Å². The van der Waals surface area contributed by atoms with Crippen molar-refractivity contribution in [2.24, 2.45) is 10.3 Å². The molecule has 0 aliphatic carbocycles. The lowest BCUT2D eigenvalue weighted by atomic mass is 10.1. The summed E-state index contributed by atoms with van der Waals surface area (Å²) in [7, 11) is -3.71. The molecule has 150 valence electrons. The van der Waals surface area contributed by atoms with E-state index in [9.17, 15) is 13.2 Å². The molecule has 2 fully saturated rings. The molecule has 0 unspecified atom stereocenters. The molecule has 0 N–H and O–H groups in total. The molecule has 0 radical (unpaired) electrons. The number of carbonyl (C=O) groups is 1. The smallest absolute Gasteiger partial charge is 0.285 e. The summed E-state index contributed by atoms with van der Waals surface area (Å²) in [6.07, 6.45) is 1.57. The van der Waals surface area contributed by atoms with Crippen molar-refractivity contribution in [3.05, 3.63) is 41.5 Å². The van der Waals surface area contributed by atoms with E-state index in [1.807, 2.05) is 34.9 Å². The van der Waals surface area contributed by atoms with Crippen molar-refractivity contribution in [3.8, 4) is 0 Å². The van der Waals surface area contributed by atoms with Gasteiger partial charge < -0.3 is 14.5 Å². The third-order valence-corrected chi connectivity index (χ3v) is 7.03. The van der Waals surface area contributed by atoms with Crippen LogP contribution in [0.15, 0.2) is 40.3 Å². The molecule has 0 aromatic heterocycles.